The summed E-state index contributed by atoms with van der Waals surface area (Å²) in [7, 11) is 0. The molecule has 0 aromatic carbocycles. The van der Waals surface area contributed by atoms with Crippen LogP contribution in [0.3, 0.4) is 0 Å². The molecule has 2 aliphatic heterocycles. The van der Waals surface area contributed by atoms with Gasteiger partial charge in [-0.2, -0.15) is 0 Å². The molecule has 3 aliphatic rings. The van der Waals surface area contributed by atoms with E-state index >= 15 is 0 Å². The summed E-state index contributed by atoms with van der Waals surface area (Å²) in [5.41, 5.74) is 0.592. The SMILES string of the molecule is BrCC1(CN2CCC(N3CCCCC3)C2)CCCCC1. The normalized spacial score (nSPS) is 32.5. The molecule has 2 heterocycles. The fourth-order valence-electron chi connectivity index (χ4n) is 4.65. The van der Waals surface area contributed by atoms with Gasteiger partial charge >= 0.3 is 0 Å². The third-order valence-electron chi connectivity index (χ3n) is 5.91. The lowest BCUT2D eigenvalue weighted by atomic mass is 9.75. The molecule has 20 heavy (non-hydrogen) atoms. The van der Waals surface area contributed by atoms with E-state index in [0.29, 0.717) is 5.41 Å². The Morgan fingerprint density at radius 1 is 0.900 bits per heavy atom. The van der Waals surface area contributed by atoms with Crippen LogP contribution in [-0.2, 0) is 0 Å². The third kappa shape index (κ3) is 3.59. The van der Waals surface area contributed by atoms with Crippen molar-refractivity contribution in [1.29, 1.82) is 0 Å². The van der Waals surface area contributed by atoms with Crippen LogP contribution in [-0.4, -0.2) is 53.9 Å². The summed E-state index contributed by atoms with van der Waals surface area (Å²) in [5.74, 6) is 0. The lowest BCUT2D eigenvalue weighted by molar-refractivity contribution is 0.125. The Morgan fingerprint density at radius 2 is 1.60 bits per heavy atom. The monoisotopic (exact) mass is 342 g/mol. The maximum atomic E-state index is 3.83. The van der Waals surface area contributed by atoms with E-state index in [0.717, 1.165) is 6.04 Å². The van der Waals surface area contributed by atoms with Crippen LogP contribution in [0.2, 0.25) is 0 Å². The minimum atomic E-state index is 0.592. The van der Waals surface area contributed by atoms with Crippen molar-refractivity contribution in [1.82, 2.24) is 9.80 Å². The van der Waals surface area contributed by atoms with E-state index in [-0.39, 0.29) is 0 Å². The summed E-state index contributed by atoms with van der Waals surface area (Å²) in [6, 6.07) is 0.867. The maximum absolute atomic E-state index is 3.83. The Morgan fingerprint density at radius 3 is 2.30 bits per heavy atom. The van der Waals surface area contributed by atoms with Crippen LogP contribution >= 0.6 is 15.9 Å². The first-order valence-corrected chi connectivity index (χ1v) is 9.96. The number of likely N-dealkylation sites (tertiary alicyclic amines) is 2. The largest absolute Gasteiger partial charge is 0.301 e. The van der Waals surface area contributed by atoms with Crippen molar-refractivity contribution in [3.05, 3.63) is 0 Å². The van der Waals surface area contributed by atoms with Gasteiger partial charge in [0.2, 0.25) is 0 Å². The molecule has 0 radical (unpaired) electrons. The quantitative estimate of drug-likeness (QED) is 0.715. The first-order chi connectivity index (χ1) is 9.81. The highest BCUT2D eigenvalue weighted by Crippen LogP contribution is 2.39. The van der Waals surface area contributed by atoms with Crippen molar-refractivity contribution >= 4 is 15.9 Å². The summed E-state index contributed by atoms with van der Waals surface area (Å²) >= 11 is 3.83. The fraction of sp³-hybridized carbons (Fsp3) is 1.00. The van der Waals surface area contributed by atoms with Crippen molar-refractivity contribution in [3.8, 4) is 0 Å². The molecule has 0 aromatic heterocycles. The van der Waals surface area contributed by atoms with Crippen molar-refractivity contribution < 1.29 is 0 Å². The molecule has 0 aromatic rings. The predicted molar refractivity (Wildman–Crippen MR) is 89.6 cm³/mol. The summed E-state index contributed by atoms with van der Waals surface area (Å²) in [6.07, 6.45) is 13.0. The number of alkyl halides is 1. The highest BCUT2D eigenvalue weighted by atomic mass is 79.9. The number of rotatable bonds is 4. The molecule has 1 unspecified atom stereocenters. The second-order valence-electron chi connectivity index (χ2n) is 7.47. The van der Waals surface area contributed by atoms with Crippen LogP contribution in [0.1, 0.15) is 57.8 Å². The van der Waals surface area contributed by atoms with Crippen LogP contribution < -0.4 is 0 Å². The predicted octanol–water partition coefficient (Wildman–Crippen LogP) is 3.89. The van der Waals surface area contributed by atoms with Gasteiger partial charge in [0, 0.05) is 24.5 Å². The van der Waals surface area contributed by atoms with Gasteiger partial charge < -0.3 is 4.90 Å². The van der Waals surface area contributed by atoms with E-state index in [1.165, 1.54) is 95.8 Å². The second kappa shape index (κ2) is 7.11. The molecule has 3 rings (SSSR count). The topological polar surface area (TPSA) is 6.48 Å². The van der Waals surface area contributed by atoms with Crippen molar-refractivity contribution in [2.24, 2.45) is 5.41 Å². The summed E-state index contributed by atoms with van der Waals surface area (Å²) < 4.78 is 0. The van der Waals surface area contributed by atoms with E-state index in [4.69, 9.17) is 0 Å². The highest BCUT2D eigenvalue weighted by Gasteiger charge is 2.36. The van der Waals surface area contributed by atoms with Crippen LogP contribution in [0.25, 0.3) is 0 Å². The number of hydrogen-bond donors (Lipinski definition) is 0. The fourth-order valence-corrected chi connectivity index (χ4v) is 5.39. The molecule has 2 saturated heterocycles. The molecule has 0 N–H and O–H groups in total. The van der Waals surface area contributed by atoms with Gasteiger partial charge in [0.25, 0.3) is 0 Å². The van der Waals surface area contributed by atoms with Crippen LogP contribution in [0.5, 0.6) is 0 Å². The van der Waals surface area contributed by atoms with E-state index in [1.54, 1.807) is 0 Å². The Kier molecular flexibility index (Phi) is 5.44. The highest BCUT2D eigenvalue weighted by molar-refractivity contribution is 9.09. The standard InChI is InChI=1S/C17H31BrN2/c18-14-17(8-3-1-4-9-17)15-19-12-7-16(13-19)20-10-5-2-6-11-20/h16H,1-15H2. The zero-order valence-corrected chi connectivity index (χ0v) is 14.5. The van der Waals surface area contributed by atoms with Crippen molar-refractivity contribution in [3.63, 3.8) is 0 Å². The van der Waals surface area contributed by atoms with Crippen LogP contribution in [0, 0.1) is 5.41 Å². The Hall–Kier alpha value is 0.400. The smallest absolute Gasteiger partial charge is 0.0235 e. The van der Waals surface area contributed by atoms with Gasteiger partial charge in [0.05, 0.1) is 0 Å². The lowest BCUT2D eigenvalue weighted by Gasteiger charge is -2.39. The molecule has 0 spiro atoms. The number of hydrogen-bond acceptors (Lipinski definition) is 2. The van der Waals surface area contributed by atoms with E-state index in [2.05, 4.69) is 25.7 Å². The molecule has 116 valence electrons. The molecular formula is C17H31BrN2. The molecule has 3 heteroatoms. The van der Waals surface area contributed by atoms with Gasteiger partial charge in [0.15, 0.2) is 0 Å². The zero-order chi connectivity index (χ0) is 13.8. The zero-order valence-electron chi connectivity index (χ0n) is 13.0. The van der Waals surface area contributed by atoms with Crippen molar-refractivity contribution in [2.45, 2.75) is 63.8 Å². The Balaban J connectivity index is 1.51. The molecule has 1 aliphatic carbocycles. The van der Waals surface area contributed by atoms with E-state index in [9.17, 15) is 0 Å². The van der Waals surface area contributed by atoms with E-state index in [1.807, 2.05) is 0 Å². The van der Waals surface area contributed by atoms with Gasteiger partial charge in [0.1, 0.15) is 0 Å². The number of nitrogens with zero attached hydrogens (tertiary/aromatic N) is 2. The molecule has 2 nitrogen and oxygen atoms in total. The molecule has 0 bridgehead atoms. The minimum Gasteiger partial charge on any atom is -0.301 e. The summed E-state index contributed by atoms with van der Waals surface area (Å²) in [6.45, 7) is 6.76. The first-order valence-electron chi connectivity index (χ1n) is 8.84. The molecule has 3 fully saturated rings. The summed E-state index contributed by atoms with van der Waals surface area (Å²) in [5, 5.41) is 1.21. The molecular weight excluding hydrogens is 312 g/mol. The van der Waals surface area contributed by atoms with Crippen LogP contribution in [0.4, 0.5) is 0 Å². The van der Waals surface area contributed by atoms with E-state index < -0.39 is 0 Å². The van der Waals surface area contributed by atoms with Gasteiger partial charge in [-0.3, -0.25) is 4.90 Å². The van der Waals surface area contributed by atoms with Gasteiger partial charge in [-0.15, -0.1) is 0 Å². The van der Waals surface area contributed by atoms with Crippen molar-refractivity contribution in [2.75, 3.05) is 38.1 Å². The summed E-state index contributed by atoms with van der Waals surface area (Å²) in [4.78, 5) is 5.57. The van der Waals surface area contributed by atoms with Gasteiger partial charge in [-0.25, -0.2) is 0 Å². The third-order valence-corrected chi connectivity index (χ3v) is 7.10. The molecule has 0 amide bonds. The number of halogens is 1. The van der Waals surface area contributed by atoms with Crippen LogP contribution in [0.15, 0.2) is 0 Å². The van der Waals surface area contributed by atoms with Gasteiger partial charge in [-0.05, 0) is 57.2 Å². The average Bonchev–Trinajstić information content (AvgIpc) is 2.97. The number of piperidine rings is 1. The first kappa shape index (κ1) is 15.3. The molecule has 1 atom stereocenters. The maximum Gasteiger partial charge on any atom is 0.0235 e. The second-order valence-corrected chi connectivity index (χ2v) is 8.03. The minimum absolute atomic E-state index is 0.592. The van der Waals surface area contributed by atoms with Gasteiger partial charge in [-0.1, -0.05) is 41.6 Å². The Bertz CT molecular complexity index is 295. The average molecular weight is 343 g/mol. The lowest BCUT2D eigenvalue weighted by Crippen LogP contribution is -2.43. The Labute approximate surface area is 133 Å². The molecule has 1 saturated carbocycles.